The van der Waals surface area contributed by atoms with Gasteiger partial charge in [0.25, 0.3) is 0 Å². The van der Waals surface area contributed by atoms with Crippen LogP contribution < -0.4 is 5.32 Å². The lowest BCUT2D eigenvalue weighted by Gasteiger charge is -2.16. The molecule has 0 atom stereocenters. The predicted octanol–water partition coefficient (Wildman–Crippen LogP) is 4.89. The molecule has 0 aliphatic rings. The van der Waals surface area contributed by atoms with Gasteiger partial charge in [-0.05, 0) is 49.2 Å². The van der Waals surface area contributed by atoms with E-state index >= 15 is 0 Å². The zero-order chi connectivity index (χ0) is 15.5. The summed E-state index contributed by atoms with van der Waals surface area (Å²) in [5.41, 5.74) is 2.20. The minimum absolute atomic E-state index is 0.127. The summed E-state index contributed by atoms with van der Waals surface area (Å²) in [6.45, 7) is 4.27. The van der Waals surface area contributed by atoms with Gasteiger partial charge < -0.3 is 5.32 Å². The van der Waals surface area contributed by atoms with Gasteiger partial charge in [0.05, 0.1) is 16.5 Å². The van der Waals surface area contributed by atoms with Crippen molar-refractivity contribution in [3.05, 3.63) is 64.4 Å². The van der Waals surface area contributed by atoms with E-state index in [0.717, 1.165) is 16.8 Å². The number of benzene rings is 2. The molecule has 108 valence electrons. The fourth-order valence-electron chi connectivity index (χ4n) is 1.92. The Morgan fingerprint density at radius 3 is 2.43 bits per heavy atom. The Morgan fingerprint density at radius 2 is 1.86 bits per heavy atom. The molecule has 0 saturated heterocycles. The van der Waals surface area contributed by atoms with Gasteiger partial charge in [0, 0.05) is 12.2 Å². The summed E-state index contributed by atoms with van der Waals surface area (Å²) in [4.78, 5) is 0. The van der Waals surface area contributed by atoms with Gasteiger partial charge in [0.2, 0.25) is 0 Å². The van der Waals surface area contributed by atoms with Crippen LogP contribution in [0, 0.1) is 17.1 Å². The first-order valence-electron chi connectivity index (χ1n) is 6.62. The van der Waals surface area contributed by atoms with Crippen molar-refractivity contribution in [1.29, 1.82) is 5.26 Å². The van der Waals surface area contributed by atoms with Crippen LogP contribution in [0.3, 0.4) is 0 Å². The van der Waals surface area contributed by atoms with E-state index in [-0.39, 0.29) is 5.02 Å². The molecule has 0 aliphatic heterocycles. The molecule has 2 nitrogen and oxygen atoms in total. The van der Waals surface area contributed by atoms with Crippen LogP contribution in [0.15, 0.2) is 42.5 Å². The Morgan fingerprint density at radius 1 is 1.19 bits per heavy atom. The summed E-state index contributed by atoms with van der Waals surface area (Å²) in [5, 5.41) is 12.4. The number of nitrogens with zero attached hydrogens (tertiary/aromatic N) is 1. The van der Waals surface area contributed by atoms with E-state index in [2.05, 4.69) is 11.4 Å². The Balaban J connectivity index is 2.04. The molecule has 4 heteroatoms. The van der Waals surface area contributed by atoms with Crippen molar-refractivity contribution in [2.75, 3.05) is 5.32 Å². The van der Waals surface area contributed by atoms with Crippen LogP contribution in [0.25, 0.3) is 0 Å². The quantitative estimate of drug-likeness (QED) is 0.872. The van der Waals surface area contributed by atoms with Crippen molar-refractivity contribution < 1.29 is 4.39 Å². The number of anilines is 1. The van der Waals surface area contributed by atoms with E-state index in [9.17, 15) is 4.39 Å². The fourth-order valence-corrected chi connectivity index (χ4v) is 2.04. The van der Waals surface area contributed by atoms with E-state index in [1.165, 1.54) is 6.07 Å². The molecule has 0 fully saturated rings. The third kappa shape index (κ3) is 3.74. The largest absolute Gasteiger partial charge is 0.381 e. The molecule has 0 unspecified atom stereocenters. The zero-order valence-corrected chi connectivity index (χ0v) is 12.7. The molecular weight excluding hydrogens is 287 g/mol. The van der Waals surface area contributed by atoms with Crippen molar-refractivity contribution in [1.82, 2.24) is 0 Å². The Bertz CT molecular complexity index is 672. The van der Waals surface area contributed by atoms with E-state index in [0.29, 0.717) is 6.54 Å². The lowest BCUT2D eigenvalue weighted by atomic mass is 9.86. The average molecular weight is 303 g/mol. The highest BCUT2D eigenvalue weighted by Gasteiger charge is 2.18. The Labute approximate surface area is 129 Å². The van der Waals surface area contributed by atoms with Crippen molar-refractivity contribution in [3.8, 4) is 6.07 Å². The van der Waals surface area contributed by atoms with Crippen LogP contribution in [0.1, 0.15) is 25.0 Å². The molecule has 2 rings (SSSR count). The van der Waals surface area contributed by atoms with E-state index in [4.69, 9.17) is 16.9 Å². The maximum Gasteiger partial charge on any atom is 0.142 e. The minimum Gasteiger partial charge on any atom is -0.381 e. The molecule has 0 spiro atoms. The van der Waals surface area contributed by atoms with Crippen LogP contribution >= 0.6 is 11.6 Å². The number of rotatable bonds is 4. The van der Waals surface area contributed by atoms with E-state index < -0.39 is 11.2 Å². The number of halogens is 2. The summed E-state index contributed by atoms with van der Waals surface area (Å²) in [6.07, 6.45) is 0. The SMILES string of the molecule is CC(C)(C#N)c1ccc(NCc2ccc(Cl)c(F)c2)cc1. The first kappa shape index (κ1) is 15.3. The van der Waals surface area contributed by atoms with Gasteiger partial charge in [-0.15, -0.1) is 0 Å². The standard InChI is InChI=1S/C17H16ClFN2/c1-17(2,11-20)13-4-6-14(7-5-13)21-10-12-3-8-15(18)16(19)9-12/h3-9,21H,10H2,1-2H3. The molecule has 0 bridgehead atoms. The summed E-state index contributed by atoms with van der Waals surface area (Å²) < 4.78 is 13.3. The molecule has 0 heterocycles. The smallest absolute Gasteiger partial charge is 0.142 e. The van der Waals surface area contributed by atoms with E-state index in [1.807, 2.05) is 38.1 Å². The average Bonchev–Trinajstić information content (AvgIpc) is 2.49. The third-order valence-corrected chi connectivity index (χ3v) is 3.67. The monoisotopic (exact) mass is 302 g/mol. The lowest BCUT2D eigenvalue weighted by molar-refractivity contribution is 0.626. The summed E-state index contributed by atoms with van der Waals surface area (Å²) in [6, 6.07) is 14.7. The first-order chi connectivity index (χ1) is 9.92. The normalized spacial score (nSPS) is 11.0. The summed E-state index contributed by atoms with van der Waals surface area (Å²) >= 11 is 5.65. The summed E-state index contributed by atoms with van der Waals surface area (Å²) in [5.74, 6) is -0.415. The van der Waals surface area contributed by atoms with Gasteiger partial charge in [-0.2, -0.15) is 5.26 Å². The molecule has 1 N–H and O–H groups in total. The van der Waals surface area contributed by atoms with Crippen LogP contribution in [0.5, 0.6) is 0 Å². The molecule has 0 radical (unpaired) electrons. The van der Waals surface area contributed by atoms with Gasteiger partial charge in [-0.25, -0.2) is 4.39 Å². The maximum atomic E-state index is 13.3. The maximum absolute atomic E-state index is 13.3. The van der Waals surface area contributed by atoms with Crippen LogP contribution in [0.2, 0.25) is 5.02 Å². The fraction of sp³-hybridized carbons (Fsp3) is 0.235. The molecule has 0 saturated carbocycles. The van der Waals surface area contributed by atoms with Gasteiger partial charge in [-0.3, -0.25) is 0 Å². The number of hydrogen-bond acceptors (Lipinski definition) is 2. The van der Waals surface area contributed by atoms with Crippen LogP contribution in [-0.4, -0.2) is 0 Å². The Kier molecular flexibility index (Phi) is 4.50. The molecular formula is C17H16ClFN2. The van der Waals surface area contributed by atoms with Gasteiger partial charge in [-0.1, -0.05) is 29.8 Å². The molecule has 0 aliphatic carbocycles. The number of nitrogens with one attached hydrogen (secondary N) is 1. The van der Waals surface area contributed by atoms with Crippen LogP contribution in [0.4, 0.5) is 10.1 Å². The van der Waals surface area contributed by atoms with Gasteiger partial charge in [0.15, 0.2) is 0 Å². The van der Waals surface area contributed by atoms with Crippen molar-refractivity contribution in [2.45, 2.75) is 25.8 Å². The molecule has 21 heavy (non-hydrogen) atoms. The highest BCUT2D eigenvalue weighted by molar-refractivity contribution is 6.30. The second-order valence-corrected chi connectivity index (χ2v) is 5.82. The van der Waals surface area contributed by atoms with Crippen molar-refractivity contribution >= 4 is 17.3 Å². The molecule has 2 aromatic carbocycles. The number of nitriles is 1. The third-order valence-electron chi connectivity index (χ3n) is 3.37. The lowest BCUT2D eigenvalue weighted by Crippen LogP contribution is -2.13. The van der Waals surface area contributed by atoms with Gasteiger partial charge >= 0.3 is 0 Å². The second kappa shape index (κ2) is 6.15. The summed E-state index contributed by atoms with van der Waals surface area (Å²) in [7, 11) is 0. The highest BCUT2D eigenvalue weighted by atomic mass is 35.5. The number of hydrogen-bond donors (Lipinski definition) is 1. The molecule has 2 aromatic rings. The predicted molar refractivity (Wildman–Crippen MR) is 83.8 cm³/mol. The molecule has 0 aromatic heterocycles. The zero-order valence-electron chi connectivity index (χ0n) is 12.0. The first-order valence-corrected chi connectivity index (χ1v) is 7.00. The topological polar surface area (TPSA) is 35.8 Å². The second-order valence-electron chi connectivity index (χ2n) is 5.42. The van der Waals surface area contributed by atoms with Gasteiger partial charge in [0.1, 0.15) is 5.82 Å². The molecule has 0 amide bonds. The highest BCUT2D eigenvalue weighted by Crippen LogP contribution is 2.24. The van der Waals surface area contributed by atoms with Crippen molar-refractivity contribution in [2.24, 2.45) is 0 Å². The van der Waals surface area contributed by atoms with Crippen molar-refractivity contribution in [3.63, 3.8) is 0 Å². The van der Waals surface area contributed by atoms with E-state index in [1.54, 1.807) is 12.1 Å². The Hall–Kier alpha value is -2.05. The minimum atomic E-state index is -0.502. The van der Waals surface area contributed by atoms with Crippen LogP contribution in [-0.2, 0) is 12.0 Å².